The molecular weight excluding hydrogens is 276 g/mol. The fourth-order valence-electron chi connectivity index (χ4n) is 2.42. The number of nitrogens with one attached hydrogen (secondary N) is 2. The summed E-state index contributed by atoms with van der Waals surface area (Å²) in [6.07, 6.45) is 9.47. The smallest absolute Gasteiger partial charge is 0.252 e. The third-order valence-electron chi connectivity index (χ3n) is 3.58. The van der Waals surface area contributed by atoms with Gasteiger partial charge in [0.2, 0.25) is 5.95 Å². The van der Waals surface area contributed by atoms with Gasteiger partial charge in [0.1, 0.15) is 0 Å². The summed E-state index contributed by atoms with van der Waals surface area (Å²) in [5.41, 5.74) is 4.15. The predicted octanol–water partition coefficient (Wildman–Crippen LogP) is 3.19. The largest absolute Gasteiger partial charge is 0.291 e. The maximum absolute atomic E-state index is 11.8. The molecule has 0 radical (unpaired) electrons. The average molecular weight is 294 g/mol. The summed E-state index contributed by atoms with van der Waals surface area (Å²) in [6, 6.07) is 11.1. The quantitative estimate of drug-likeness (QED) is 0.517. The van der Waals surface area contributed by atoms with Crippen molar-refractivity contribution in [1.29, 1.82) is 0 Å². The number of anilines is 1. The molecule has 112 valence electrons. The van der Waals surface area contributed by atoms with Gasteiger partial charge in [-0.15, -0.1) is 0 Å². The average Bonchev–Trinajstić information content (AvgIpc) is 2.56. The molecule has 1 aromatic heterocycles. The molecule has 0 saturated heterocycles. The van der Waals surface area contributed by atoms with Gasteiger partial charge in [-0.1, -0.05) is 42.5 Å². The van der Waals surface area contributed by atoms with E-state index < -0.39 is 0 Å². The Labute approximate surface area is 128 Å². The Balaban J connectivity index is 1.74. The molecule has 0 bridgehead atoms. The number of nitrogens with zero attached hydrogens (tertiary/aromatic N) is 2. The van der Waals surface area contributed by atoms with Gasteiger partial charge >= 0.3 is 0 Å². The lowest BCUT2D eigenvalue weighted by Gasteiger charge is -2.11. The van der Waals surface area contributed by atoms with Crippen molar-refractivity contribution in [2.45, 2.75) is 19.3 Å². The van der Waals surface area contributed by atoms with E-state index in [2.05, 4.69) is 32.6 Å². The van der Waals surface area contributed by atoms with Crippen LogP contribution in [0.1, 0.15) is 19.3 Å². The van der Waals surface area contributed by atoms with Crippen molar-refractivity contribution >= 4 is 12.2 Å². The van der Waals surface area contributed by atoms with E-state index in [4.69, 9.17) is 0 Å². The molecule has 1 aliphatic carbocycles. The van der Waals surface area contributed by atoms with Crippen LogP contribution in [-0.4, -0.2) is 16.2 Å². The van der Waals surface area contributed by atoms with Gasteiger partial charge in [-0.05, 0) is 25.2 Å². The van der Waals surface area contributed by atoms with Crippen LogP contribution in [0, 0.1) is 5.92 Å². The zero-order chi connectivity index (χ0) is 15.2. The first kappa shape index (κ1) is 14.3. The van der Waals surface area contributed by atoms with Crippen LogP contribution in [0.25, 0.3) is 11.3 Å². The number of hydrazone groups is 1. The van der Waals surface area contributed by atoms with Gasteiger partial charge in [0.25, 0.3) is 5.56 Å². The highest BCUT2D eigenvalue weighted by molar-refractivity contribution is 5.63. The monoisotopic (exact) mass is 294 g/mol. The first-order chi connectivity index (χ1) is 10.8. The fraction of sp³-hybridized carbons (Fsp3) is 0.235. The third kappa shape index (κ3) is 3.69. The lowest BCUT2D eigenvalue weighted by Crippen LogP contribution is -2.11. The molecule has 0 amide bonds. The molecule has 1 heterocycles. The SMILES string of the molecule is O=c1cc(-c2ccccc2)nc(N/N=C/C2CC=CCC2)[nH]1. The molecule has 0 saturated carbocycles. The Hall–Kier alpha value is -2.69. The minimum absolute atomic E-state index is 0.202. The molecule has 0 fully saturated rings. The predicted molar refractivity (Wildman–Crippen MR) is 88.9 cm³/mol. The summed E-state index contributed by atoms with van der Waals surface area (Å²) in [4.78, 5) is 18.8. The molecule has 0 spiro atoms. The number of allylic oxidation sites excluding steroid dienone is 2. The Bertz CT molecular complexity index is 734. The molecule has 1 unspecified atom stereocenters. The summed E-state index contributed by atoms with van der Waals surface area (Å²) in [7, 11) is 0. The minimum Gasteiger partial charge on any atom is -0.291 e. The van der Waals surface area contributed by atoms with Crippen molar-refractivity contribution < 1.29 is 0 Å². The molecule has 5 nitrogen and oxygen atoms in total. The fourth-order valence-corrected chi connectivity index (χ4v) is 2.42. The molecule has 1 atom stereocenters. The van der Waals surface area contributed by atoms with E-state index in [-0.39, 0.29) is 5.56 Å². The Kier molecular flexibility index (Phi) is 4.44. The molecule has 2 N–H and O–H groups in total. The maximum Gasteiger partial charge on any atom is 0.252 e. The lowest BCUT2D eigenvalue weighted by atomic mass is 9.96. The number of benzene rings is 1. The highest BCUT2D eigenvalue weighted by Gasteiger charge is 2.07. The molecule has 3 rings (SSSR count). The van der Waals surface area contributed by atoms with Crippen LogP contribution in [-0.2, 0) is 0 Å². The number of hydrogen-bond acceptors (Lipinski definition) is 4. The first-order valence-corrected chi connectivity index (χ1v) is 7.42. The zero-order valence-corrected chi connectivity index (χ0v) is 12.2. The zero-order valence-electron chi connectivity index (χ0n) is 12.2. The van der Waals surface area contributed by atoms with E-state index >= 15 is 0 Å². The molecule has 1 aromatic carbocycles. The molecule has 5 heteroatoms. The number of hydrogen-bond donors (Lipinski definition) is 2. The normalized spacial score (nSPS) is 17.7. The van der Waals surface area contributed by atoms with Gasteiger partial charge < -0.3 is 0 Å². The highest BCUT2D eigenvalue weighted by atomic mass is 16.1. The second-order valence-electron chi connectivity index (χ2n) is 5.28. The summed E-state index contributed by atoms with van der Waals surface area (Å²) in [6.45, 7) is 0. The molecular formula is C17H18N4O. The summed E-state index contributed by atoms with van der Waals surface area (Å²) >= 11 is 0. The second-order valence-corrected chi connectivity index (χ2v) is 5.28. The standard InChI is InChI=1S/C17H18N4O/c22-16-11-15(14-9-5-2-6-10-14)19-17(20-16)21-18-12-13-7-3-1-4-8-13/h1-3,5-6,9-13H,4,7-8H2,(H2,19,20,21,22)/b18-12+. The topological polar surface area (TPSA) is 70.1 Å². The second kappa shape index (κ2) is 6.85. The molecule has 22 heavy (non-hydrogen) atoms. The molecule has 1 aliphatic rings. The van der Waals surface area contributed by atoms with Crippen LogP contribution < -0.4 is 11.0 Å². The Morgan fingerprint density at radius 2 is 2.14 bits per heavy atom. The van der Waals surface area contributed by atoms with E-state index in [1.54, 1.807) is 0 Å². The Morgan fingerprint density at radius 1 is 1.27 bits per heavy atom. The van der Waals surface area contributed by atoms with Gasteiger partial charge in [-0.2, -0.15) is 5.10 Å². The summed E-state index contributed by atoms with van der Waals surface area (Å²) in [5, 5.41) is 4.20. The van der Waals surface area contributed by atoms with Crippen molar-refractivity contribution in [3.05, 3.63) is 58.9 Å². The van der Waals surface area contributed by atoms with Crippen molar-refractivity contribution in [2.75, 3.05) is 5.43 Å². The molecule has 2 aromatic rings. The van der Waals surface area contributed by atoms with Crippen LogP contribution in [0.5, 0.6) is 0 Å². The van der Waals surface area contributed by atoms with E-state index in [9.17, 15) is 4.79 Å². The van der Waals surface area contributed by atoms with Crippen LogP contribution in [0.3, 0.4) is 0 Å². The number of aromatic amines is 1. The summed E-state index contributed by atoms with van der Waals surface area (Å²) in [5.74, 6) is 0.801. The van der Waals surface area contributed by atoms with Crippen LogP contribution in [0.4, 0.5) is 5.95 Å². The lowest BCUT2D eigenvalue weighted by molar-refractivity contribution is 0.627. The number of aromatic nitrogens is 2. The van der Waals surface area contributed by atoms with Gasteiger partial charge in [-0.25, -0.2) is 10.4 Å². The molecule has 0 aliphatic heterocycles. The number of rotatable bonds is 4. The van der Waals surface area contributed by atoms with Gasteiger partial charge in [0, 0.05) is 17.8 Å². The van der Waals surface area contributed by atoms with Crippen molar-refractivity contribution in [1.82, 2.24) is 9.97 Å². The number of H-pyrrole nitrogens is 1. The van der Waals surface area contributed by atoms with Crippen LogP contribution in [0.2, 0.25) is 0 Å². The van der Waals surface area contributed by atoms with Gasteiger partial charge in [-0.3, -0.25) is 9.78 Å². The van der Waals surface area contributed by atoms with Gasteiger partial charge in [0.05, 0.1) is 5.69 Å². The van der Waals surface area contributed by atoms with Crippen molar-refractivity contribution in [3.63, 3.8) is 0 Å². The summed E-state index contributed by atoms with van der Waals surface area (Å²) < 4.78 is 0. The van der Waals surface area contributed by atoms with E-state index in [0.717, 1.165) is 24.8 Å². The van der Waals surface area contributed by atoms with Crippen molar-refractivity contribution in [3.8, 4) is 11.3 Å². The van der Waals surface area contributed by atoms with E-state index in [1.807, 2.05) is 36.5 Å². The van der Waals surface area contributed by atoms with E-state index in [0.29, 0.717) is 17.6 Å². The van der Waals surface area contributed by atoms with Crippen molar-refractivity contribution in [2.24, 2.45) is 11.0 Å². The first-order valence-electron chi connectivity index (χ1n) is 7.42. The van der Waals surface area contributed by atoms with Gasteiger partial charge in [0.15, 0.2) is 0 Å². The Morgan fingerprint density at radius 3 is 2.91 bits per heavy atom. The minimum atomic E-state index is -0.202. The van der Waals surface area contributed by atoms with Crippen LogP contribution in [0.15, 0.2) is 58.4 Å². The van der Waals surface area contributed by atoms with E-state index in [1.165, 1.54) is 6.07 Å². The maximum atomic E-state index is 11.8. The third-order valence-corrected chi connectivity index (χ3v) is 3.58. The highest BCUT2D eigenvalue weighted by Crippen LogP contribution is 2.17. The van der Waals surface area contributed by atoms with Crippen LogP contribution >= 0.6 is 0 Å².